The highest BCUT2D eigenvalue weighted by molar-refractivity contribution is 8.03. The SMILES string of the molecule is C#CCC1=C(C)[C@@H](OC(=O)[C@@H]2[C@@H](/C=C(/C#N)SCC)C2(C)C)CC1=O. The molecule has 132 valence electrons. The molecule has 25 heavy (non-hydrogen) atoms. The average Bonchev–Trinajstić information content (AvgIpc) is 3.00. The van der Waals surface area contributed by atoms with E-state index in [0.29, 0.717) is 10.5 Å². The van der Waals surface area contributed by atoms with Crippen LogP contribution in [0.2, 0.25) is 0 Å². The summed E-state index contributed by atoms with van der Waals surface area (Å²) in [5.41, 5.74) is 1.12. The van der Waals surface area contributed by atoms with E-state index in [1.807, 2.05) is 26.8 Å². The largest absolute Gasteiger partial charge is 0.457 e. The molecule has 0 radical (unpaired) electrons. The predicted molar refractivity (Wildman–Crippen MR) is 98.2 cm³/mol. The van der Waals surface area contributed by atoms with E-state index in [4.69, 9.17) is 11.2 Å². The van der Waals surface area contributed by atoms with Crippen LogP contribution < -0.4 is 0 Å². The number of nitriles is 1. The van der Waals surface area contributed by atoms with E-state index in [9.17, 15) is 14.9 Å². The van der Waals surface area contributed by atoms with Crippen LogP contribution in [-0.4, -0.2) is 23.6 Å². The summed E-state index contributed by atoms with van der Waals surface area (Å²) in [5.74, 6) is 2.66. The first-order valence-electron chi connectivity index (χ1n) is 8.39. The summed E-state index contributed by atoms with van der Waals surface area (Å²) in [5, 5.41) is 9.19. The van der Waals surface area contributed by atoms with Crippen LogP contribution in [0, 0.1) is 40.9 Å². The second kappa shape index (κ2) is 7.50. The summed E-state index contributed by atoms with van der Waals surface area (Å²) >= 11 is 1.48. The van der Waals surface area contributed by atoms with E-state index in [1.54, 1.807) is 6.92 Å². The van der Waals surface area contributed by atoms with Gasteiger partial charge in [0, 0.05) is 12.0 Å². The van der Waals surface area contributed by atoms with Crippen molar-refractivity contribution in [1.29, 1.82) is 5.26 Å². The molecule has 3 atom stereocenters. The number of hydrogen-bond donors (Lipinski definition) is 0. The van der Waals surface area contributed by atoms with Crippen molar-refractivity contribution in [1.82, 2.24) is 0 Å². The van der Waals surface area contributed by atoms with Gasteiger partial charge in [-0.25, -0.2) is 0 Å². The van der Waals surface area contributed by atoms with Gasteiger partial charge in [0.1, 0.15) is 12.2 Å². The zero-order valence-electron chi connectivity index (χ0n) is 15.1. The van der Waals surface area contributed by atoms with Crippen LogP contribution in [0.3, 0.4) is 0 Å². The first-order valence-corrected chi connectivity index (χ1v) is 9.37. The van der Waals surface area contributed by atoms with E-state index < -0.39 is 6.10 Å². The van der Waals surface area contributed by atoms with Gasteiger partial charge in [-0.2, -0.15) is 5.26 Å². The molecule has 0 heterocycles. The van der Waals surface area contributed by atoms with Crippen molar-refractivity contribution < 1.29 is 14.3 Å². The van der Waals surface area contributed by atoms with Crippen molar-refractivity contribution in [2.75, 3.05) is 5.75 Å². The minimum absolute atomic E-state index is 0.0136. The number of esters is 1. The first kappa shape index (κ1) is 19.3. The highest BCUT2D eigenvalue weighted by Gasteiger charge is 2.62. The smallest absolute Gasteiger partial charge is 0.310 e. The van der Waals surface area contributed by atoms with Crippen LogP contribution in [0.25, 0.3) is 0 Å². The Hall–Kier alpha value is -1.98. The molecule has 0 aromatic rings. The normalized spacial score (nSPS) is 27.7. The fraction of sp³-hybridized carbons (Fsp3) is 0.550. The van der Waals surface area contributed by atoms with Crippen LogP contribution >= 0.6 is 11.8 Å². The lowest BCUT2D eigenvalue weighted by Crippen LogP contribution is -2.20. The maximum Gasteiger partial charge on any atom is 0.310 e. The molecule has 2 aliphatic rings. The minimum Gasteiger partial charge on any atom is -0.457 e. The third-order valence-corrected chi connectivity index (χ3v) is 5.94. The first-order chi connectivity index (χ1) is 11.8. The van der Waals surface area contributed by atoms with E-state index in [1.165, 1.54) is 11.8 Å². The fourth-order valence-corrected chi connectivity index (χ4v) is 4.04. The Balaban J connectivity index is 2.09. The minimum atomic E-state index is -0.509. The van der Waals surface area contributed by atoms with E-state index in [-0.39, 0.29) is 41.8 Å². The van der Waals surface area contributed by atoms with Gasteiger partial charge in [-0.3, -0.25) is 9.59 Å². The van der Waals surface area contributed by atoms with Crippen LogP contribution in [0.15, 0.2) is 22.1 Å². The maximum absolute atomic E-state index is 12.6. The van der Waals surface area contributed by atoms with Crippen LogP contribution in [0.4, 0.5) is 0 Å². The van der Waals surface area contributed by atoms with Gasteiger partial charge in [0.15, 0.2) is 5.78 Å². The summed E-state index contributed by atoms with van der Waals surface area (Å²) in [6, 6.07) is 2.18. The maximum atomic E-state index is 12.6. The molecule has 0 unspecified atom stereocenters. The lowest BCUT2D eigenvalue weighted by Gasteiger charge is -2.13. The number of ketones is 1. The molecule has 2 rings (SSSR count). The number of hydrogen-bond acceptors (Lipinski definition) is 5. The summed E-state index contributed by atoms with van der Waals surface area (Å²) in [6.45, 7) is 7.78. The quantitative estimate of drug-likeness (QED) is 0.412. The van der Waals surface area contributed by atoms with Gasteiger partial charge in [0.25, 0.3) is 0 Å². The Bertz CT molecular complexity index is 733. The molecule has 0 aromatic heterocycles. The Morgan fingerprint density at radius 1 is 1.52 bits per heavy atom. The molecule has 1 saturated carbocycles. The van der Waals surface area contributed by atoms with Gasteiger partial charge in [0.2, 0.25) is 0 Å². The molecule has 0 bridgehead atoms. The van der Waals surface area contributed by atoms with Crippen molar-refractivity contribution in [2.45, 2.75) is 46.6 Å². The number of carbonyl (C=O) groups excluding carboxylic acids is 2. The molecule has 0 saturated heterocycles. The number of nitrogens with zero attached hydrogens (tertiary/aromatic N) is 1. The Morgan fingerprint density at radius 3 is 2.76 bits per heavy atom. The van der Waals surface area contributed by atoms with Gasteiger partial charge in [-0.05, 0) is 29.6 Å². The number of carbonyl (C=O) groups is 2. The van der Waals surface area contributed by atoms with Crippen molar-refractivity contribution in [3.63, 3.8) is 0 Å². The van der Waals surface area contributed by atoms with Crippen LogP contribution in [0.1, 0.15) is 40.5 Å². The molecule has 5 heteroatoms. The van der Waals surface area contributed by atoms with Crippen molar-refractivity contribution in [2.24, 2.45) is 17.3 Å². The number of Topliss-reactive ketones (excluding diaryl/α,β-unsaturated/α-hetero) is 1. The number of allylic oxidation sites excluding steroid dienone is 3. The fourth-order valence-electron chi connectivity index (χ4n) is 3.42. The molecule has 0 amide bonds. The number of thioether (sulfide) groups is 1. The summed E-state index contributed by atoms with van der Waals surface area (Å²) < 4.78 is 5.63. The molecular formula is C20H23NO3S. The molecule has 4 nitrogen and oxygen atoms in total. The Morgan fingerprint density at radius 2 is 2.20 bits per heavy atom. The Kier molecular flexibility index (Phi) is 5.80. The highest BCUT2D eigenvalue weighted by Crippen LogP contribution is 2.60. The molecule has 0 aliphatic heterocycles. The van der Waals surface area contributed by atoms with E-state index in [0.717, 1.165) is 11.3 Å². The molecule has 0 aromatic carbocycles. The third-order valence-electron chi connectivity index (χ3n) is 5.11. The average molecular weight is 357 g/mol. The highest BCUT2D eigenvalue weighted by atomic mass is 32.2. The monoisotopic (exact) mass is 357 g/mol. The zero-order chi connectivity index (χ0) is 18.8. The standard InChI is InChI=1S/C20H23NO3S/c1-6-8-14-12(3)17(10-16(14)22)24-19(23)18-15(20(18,4)5)9-13(11-21)25-7-2/h1,9,15,17-18H,7-8,10H2,2-5H3/b13-9-/t15-,17+,18+/m1/s1. The van der Waals surface area contributed by atoms with Gasteiger partial charge in [0.05, 0.1) is 17.2 Å². The number of rotatable bonds is 6. The van der Waals surface area contributed by atoms with E-state index in [2.05, 4.69) is 12.0 Å². The Labute approximate surface area is 153 Å². The molecule has 0 N–H and O–H groups in total. The topological polar surface area (TPSA) is 67.2 Å². The second-order valence-electron chi connectivity index (χ2n) is 7.00. The summed E-state index contributed by atoms with van der Waals surface area (Å²) in [7, 11) is 0. The van der Waals surface area contributed by atoms with Gasteiger partial charge < -0.3 is 4.74 Å². The van der Waals surface area contributed by atoms with E-state index >= 15 is 0 Å². The summed E-state index contributed by atoms with van der Waals surface area (Å²) in [6.07, 6.45) is 7.12. The van der Waals surface area contributed by atoms with Crippen molar-refractivity contribution in [3.8, 4) is 18.4 Å². The lowest BCUT2D eigenvalue weighted by atomic mass is 10.1. The van der Waals surface area contributed by atoms with Crippen molar-refractivity contribution in [3.05, 3.63) is 22.1 Å². The molecule has 0 spiro atoms. The number of terminal acetylenes is 1. The van der Waals surface area contributed by atoms with Gasteiger partial charge >= 0.3 is 5.97 Å². The van der Waals surface area contributed by atoms with Gasteiger partial charge in [-0.15, -0.1) is 24.1 Å². The second-order valence-corrected chi connectivity index (χ2v) is 8.30. The van der Waals surface area contributed by atoms with Crippen LogP contribution in [0.5, 0.6) is 0 Å². The van der Waals surface area contributed by atoms with Gasteiger partial charge in [-0.1, -0.05) is 26.8 Å². The predicted octanol–water partition coefficient (Wildman–Crippen LogP) is 3.64. The molecular weight excluding hydrogens is 334 g/mol. The number of ether oxygens (including phenoxy) is 1. The van der Waals surface area contributed by atoms with Crippen LogP contribution in [-0.2, 0) is 14.3 Å². The summed E-state index contributed by atoms with van der Waals surface area (Å²) in [4.78, 5) is 25.3. The molecule has 2 aliphatic carbocycles. The lowest BCUT2D eigenvalue weighted by molar-refractivity contribution is -0.150. The third kappa shape index (κ3) is 3.83. The molecule has 1 fully saturated rings. The zero-order valence-corrected chi connectivity index (χ0v) is 15.9. The van der Waals surface area contributed by atoms with Crippen molar-refractivity contribution >= 4 is 23.5 Å².